The van der Waals surface area contributed by atoms with Gasteiger partial charge in [0.1, 0.15) is 0 Å². The molecule has 0 saturated carbocycles. The Bertz CT molecular complexity index is 118. The molecule has 0 aliphatic heterocycles. The lowest BCUT2D eigenvalue weighted by Crippen LogP contribution is -1.96. The topological polar surface area (TPSA) is 0 Å². The van der Waals surface area contributed by atoms with E-state index in [0.29, 0.717) is 0 Å². The highest BCUT2D eigenvalue weighted by molar-refractivity contribution is 9.09. The molecule has 0 rings (SSSR count). The summed E-state index contributed by atoms with van der Waals surface area (Å²) in [5, 5.41) is 0. The van der Waals surface area contributed by atoms with Crippen molar-refractivity contribution >= 4 is 15.9 Å². The summed E-state index contributed by atoms with van der Waals surface area (Å²) >= 11 is 3.71. The van der Waals surface area contributed by atoms with E-state index in [1.165, 1.54) is 44.9 Å². The van der Waals surface area contributed by atoms with Gasteiger partial charge in [0.05, 0.1) is 0 Å². The fourth-order valence-corrected chi connectivity index (χ4v) is 2.21. The van der Waals surface area contributed by atoms with Gasteiger partial charge in [-0.05, 0) is 32.6 Å². The fraction of sp³-hybridized carbons (Fsp3) is 0.833. The van der Waals surface area contributed by atoms with Crippen LogP contribution in [-0.4, -0.2) is 4.83 Å². The first-order chi connectivity index (χ1) is 6.31. The third kappa shape index (κ3) is 10.1. The maximum absolute atomic E-state index is 3.71. The van der Waals surface area contributed by atoms with Crippen molar-refractivity contribution in [3.63, 3.8) is 0 Å². The molecular weight excluding hydrogens is 224 g/mol. The summed E-state index contributed by atoms with van der Waals surface area (Å²) < 4.78 is 0. The predicted octanol–water partition coefficient (Wildman–Crippen LogP) is 5.08. The summed E-state index contributed by atoms with van der Waals surface area (Å²) in [5.74, 6) is 0. The van der Waals surface area contributed by atoms with Gasteiger partial charge < -0.3 is 0 Å². The van der Waals surface area contributed by atoms with E-state index >= 15 is 0 Å². The van der Waals surface area contributed by atoms with E-state index in [2.05, 4.69) is 41.9 Å². The Hall–Kier alpha value is 0.220. The van der Waals surface area contributed by atoms with Crippen molar-refractivity contribution in [2.45, 2.75) is 63.6 Å². The van der Waals surface area contributed by atoms with Crippen LogP contribution >= 0.6 is 15.9 Å². The number of halogens is 1. The van der Waals surface area contributed by atoms with Gasteiger partial charge in [0.2, 0.25) is 0 Å². The number of unbranched alkanes of at least 4 members (excludes halogenated alkanes) is 3. The maximum atomic E-state index is 3.71. The molecule has 13 heavy (non-hydrogen) atoms. The molecule has 1 atom stereocenters. The number of alkyl halides is 1. The lowest BCUT2D eigenvalue weighted by atomic mass is 10.1. The Kier molecular flexibility index (Phi) is 10.5. The molecule has 0 bridgehead atoms. The highest BCUT2D eigenvalue weighted by Gasteiger charge is 2.00. The molecule has 0 spiro atoms. The third-order valence-corrected chi connectivity index (χ3v) is 3.14. The molecule has 0 nitrogen and oxygen atoms in total. The van der Waals surface area contributed by atoms with Gasteiger partial charge in [-0.3, -0.25) is 0 Å². The lowest BCUT2D eigenvalue weighted by Gasteiger charge is -2.06. The highest BCUT2D eigenvalue weighted by Crippen LogP contribution is 2.16. The van der Waals surface area contributed by atoms with Crippen LogP contribution < -0.4 is 0 Å². The van der Waals surface area contributed by atoms with E-state index in [1.807, 2.05) is 0 Å². The molecule has 0 aromatic heterocycles. The normalized spacial score (nSPS) is 13.8. The molecule has 0 aromatic carbocycles. The number of rotatable bonds is 8. The van der Waals surface area contributed by atoms with Crippen molar-refractivity contribution in [3.05, 3.63) is 12.2 Å². The molecule has 0 heterocycles. The summed E-state index contributed by atoms with van der Waals surface area (Å²) in [5.41, 5.74) is 0. The highest BCUT2D eigenvalue weighted by atomic mass is 79.9. The summed E-state index contributed by atoms with van der Waals surface area (Å²) in [4.78, 5) is 0.763. The molecule has 1 heteroatoms. The van der Waals surface area contributed by atoms with E-state index in [9.17, 15) is 0 Å². The van der Waals surface area contributed by atoms with Crippen molar-refractivity contribution in [3.8, 4) is 0 Å². The van der Waals surface area contributed by atoms with Crippen molar-refractivity contribution in [2.24, 2.45) is 0 Å². The molecule has 78 valence electrons. The zero-order valence-corrected chi connectivity index (χ0v) is 10.6. The van der Waals surface area contributed by atoms with E-state index < -0.39 is 0 Å². The summed E-state index contributed by atoms with van der Waals surface area (Å²) in [6, 6.07) is 0. The molecular formula is C12H23Br. The van der Waals surface area contributed by atoms with Crippen LogP contribution in [0.5, 0.6) is 0 Å². The van der Waals surface area contributed by atoms with Crippen LogP contribution in [-0.2, 0) is 0 Å². The minimum Gasteiger partial charge on any atom is -0.0917 e. The average molecular weight is 247 g/mol. The molecule has 0 amide bonds. The van der Waals surface area contributed by atoms with Gasteiger partial charge in [-0.15, -0.1) is 0 Å². The van der Waals surface area contributed by atoms with Crippen molar-refractivity contribution in [1.82, 2.24) is 0 Å². The van der Waals surface area contributed by atoms with Crippen molar-refractivity contribution in [2.75, 3.05) is 0 Å². The number of hydrogen-bond donors (Lipinski definition) is 0. The third-order valence-electron chi connectivity index (χ3n) is 2.23. The molecule has 0 fully saturated rings. The van der Waals surface area contributed by atoms with Crippen LogP contribution in [0.1, 0.15) is 58.8 Å². The van der Waals surface area contributed by atoms with E-state index in [-0.39, 0.29) is 0 Å². The van der Waals surface area contributed by atoms with Gasteiger partial charge in [0, 0.05) is 4.83 Å². The first-order valence-electron chi connectivity index (χ1n) is 5.56. The van der Waals surface area contributed by atoms with Crippen LogP contribution in [0, 0.1) is 0 Å². The van der Waals surface area contributed by atoms with Gasteiger partial charge in [-0.2, -0.15) is 0 Å². The molecule has 0 saturated heterocycles. The summed E-state index contributed by atoms with van der Waals surface area (Å²) in [6.45, 7) is 4.34. The standard InChI is InChI=1S/C12H23Br/c1-3-5-6-7-8-9-11-12(13)10-4-2/h3,5,12H,4,6-11H2,1-2H3/b5-3+. The second-order valence-corrected chi connectivity index (χ2v) is 4.89. The van der Waals surface area contributed by atoms with Crippen molar-refractivity contribution in [1.29, 1.82) is 0 Å². The molecule has 0 aromatic rings. The zero-order chi connectivity index (χ0) is 9.94. The second-order valence-electron chi connectivity index (χ2n) is 3.59. The first kappa shape index (κ1) is 13.2. The Labute approximate surface area is 91.9 Å². The monoisotopic (exact) mass is 246 g/mol. The quantitative estimate of drug-likeness (QED) is 0.319. The van der Waals surface area contributed by atoms with Gasteiger partial charge in [-0.1, -0.05) is 54.3 Å². The number of hydrogen-bond acceptors (Lipinski definition) is 0. The smallest absolute Gasteiger partial charge is 0.0145 e. The second kappa shape index (κ2) is 10.3. The Morgan fingerprint density at radius 3 is 2.54 bits per heavy atom. The van der Waals surface area contributed by atoms with E-state index in [1.54, 1.807) is 0 Å². The van der Waals surface area contributed by atoms with Gasteiger partial charge in [-0.25, -0.2) is 0 Å². The average Bonchev–Trinajstić information content (AvgIpc) is 2.11. The molecule has 1 unspecified atom stereocenters. The zero-order valence-electron chi connectivity index (χ0n) is 9.06. The predicted molar refractivity (Wildman–Crippen MR) is 65.5 cm³/mol. The van der Waals surface area contributed by atoms with Gasteiger partial charge in [0.25, 0.3) is 0 Å². The Morgan fingerprint density at radius 2 is 1.92 bits per heavy atom. The van der Waals surface area contributed by atoms with Crippen molar-refractivity contribution < 1.29 is 0 Å². The largest absolute Gasteiger partial charge is 0.0917 e. The SMILES string of the molecule is C/C=C/CCCCCC(Br)CCC. The van der Waals surface area contributed by atoms with Gasteiger partial charge >= 0.3 is 0 Å². The van der Waals surface area contributed by atoms with Crippen LogP contribution in [0.15, 0.2) is 12.2 Å². The van der Waals surface area contributed by atoms with Crippen LogP contribution in [0.2, 0.25) is 0 Å². The lowest BCUT2D eigenvalue weighted by molar-refractivity contribution is 0.608. The van der Waals surface area contributed by atoms with Crippen LogP contribution in [0.4, 0.5) is 0 Å². The molecule has 0 aliphatic rings. The molecule has 0 N–H and O–H groups in total. The van der Waals surface area contributed by atoms with Crippen LogP contribution in [0.25, 0.3) is 0 Å². The Morgan fingerprint density at radius 1 is 1.15 bits per heavy atom. The van der Waals surface area contributed by atoms with E-state index in [4.69, 9.17) is 0 Å². The Balaban J connectivity index is 3.06. The number of allylic oxidation sites excluding steroid dienone is 2. The minimum atomic E-state index is 0.763. The fourth-order valence-electron chi connectivity index (χ4n) is 1.43. The molecule has 0 aliphatic carbocycles. The first-order valence-corrected chi connectivity index (χ1v) is 6.48. The summed E-state index contributed by atoms with van der Waals surface area (Å²) in [6.07, 6.45) is 13.8. The van der Waals surface area contributed by atoms with Gasteiger partial charge in [0.15, 0.2) is 0 Å². The summed E-state index contributed by atoms with van der Waals surface area (Å²) in [7, 11) is 0. The van der Waals surface area contributed by atoms with E-state index in [0.717, 1.165) is 4.83 Å². The maximum Gasteiger partial charge on any atom is 0.0145 e. The van der Waals surface area contributed by atoms with Crippen LogP contribution in [0.3, 0.4) is 0 Å². The molecule has 0 radical (unpaired) electrons. The minimum absolute atomic E-state index is 0.763.